The summed E-state index contributed by atoms with van der Waals surface area (Å²) in [5.74, 6) is -1.07. The predicted octanol–water partition coefficient (Wildman–Crippen LogP) is -1.56. The van der Waals surface area contributed by atoms with Crippen molar-refractivity contribution >= 4 is 0 Å². The molecule has 0 aliphatic rings. The average Bonchev–Trinajstić information content (AvgIpc) is 2.07. The van der Waals surface area contributed by atoms with Crippen LogP contribution in [-0.2, 0) is 6.18 Å². The molecule has 0 fully saturated rings. The third-order valence-corrected chi connectivity index (χ3v) is 3.78. The molecule has 0 N–H and O–H groups in total. The van der Waals surface area contributed by atoms with Gasteiger partial charge in [-0.2, -0.15) is 0 Å². The summed E-state index contributed by atoms with van der Waals surface area (Å²) >= 11 is -0.971. The number of nitrogens with zero attached hydrogens (tertiary/aromatic N) is 2. The minimum absolute atomic E-state index is 0.101. The molecule has 86 valence electrons. The molecule has 7 heteroatoms. The molecule has 0 aliphatic carbocycles. The van der Waals surface area contributed by atoms with Crippen LogP contribution in [0.2, 0.25) is 0 Å². The van der Waals surface area contributed by atoms with Crippen molar-refractivity contribution in [3.8, 4) is 0 Å². The molecular formula is C8H9F3IN2O-. The van der Waals surface area contributed by atoms with Crippen molar-refractivity contribution in [2.75, 3.05) is 4.43 Å². The van der Waals surface area contributed by atoms with Crippen LogP contribution in [0, 0.1) is 6.92 Å². The van der Waals surface area contributed by atoms with Gasteiger partial charge in [0.2, 0.25) is 0 Å². The molecular weight excluding hydrogens is 324 g/mol. The van der Waals surface area contributed by atoms with Crippen molar-refractivity contribution < 1.29 is 34.7 Å². The fourth-order valence-electron chi connectivity index (χ4n) is 0.993. The van der Waals surface area contributed by atoms with E-state index in [9.17, 15) is 18.0 Å². The Balaban J connectivity index is 3.40. The van der Waals surface area contributed by atoms with Crippen LogP contribution in [0.5, 0.6) is 0 Å². The predicted molar refractivity (Wildman–Crippen MR) is 44.2 cm³/mol. The van der Waals surface area contributed by atoms with E-state index in [4.69, 9.17) is 0 Å². The number of rotatable bonds is 2. The molecule has 0 spiro atoms. The summed E-state index contributed by atoms with van der Waals surface area (Å²) in [6.45, 7) is 3.13. The zero-order valence-electron chi connectivity index (χ0n) is 8.10. The zero-order valence-corrected chi connectivity index (χ0v) is 10.3. The van der Waals surface area contributed by atoms with Gasteiger partial charge in [-0.1, -0.05) is 0 Å². The minimum atomic E-state index is -4.56. The second-order valence-electron chi connectivity index (χ2n) is 2.72. The molecule has 0 saturated carbocycles. The Morgan fingerprint density at radius 2 is 2.13 bits per heavy atom. The third-order valence-electron chi connectivity index (χ3n) is 1.49. The number of halogens is 4. The fourth-order valence-corrected chi connectivity index (χ4v) is 2.85. The Morgan fingerprint density at radius 3 is 2.60 bits per heavy atom. The van der Waals surface area contributed by atoms with Gasteiger partial charge in [-0.15, -0.1) is 0 Å². The van der Waals surface area contributed by atoms with E-state index < -0.39 is 39.0 Å². The number of aryl methyl sites for hydroxylation is 1. The van der Waals surface area contributed by atoms with Crippen LogP contribution in [0.25, 0.3) is 0 Å². The van der Waals surface area contributed by atoms with Gasteiger partial charge in [-0.3, -0.25) is 0 Å². The van der Waals surface area contributed by atoms with Gasteiger partial charge in [-0.25, -0.2) is 0 Å². The van der Waals surface area contributed by atoms with Crippen LogP contribution in [-0.4, -0.2) is 12.2 Å². The molecule has 1 rings (SSSR count). The molecule has 0 amide bonds. The Kier molecular flexibility index (Phi) is 3.74. The second-order valence-corrected chi connectivity index (χ2v) is 5.90. The molecule has 0 aliphatic heterocycles. The summed E-state index contributed by atoms with van der Waals surface area (Å²) in [6.07, 6.45) is -4.56. The second kappa shape index (κ2) is 4.50. The fraction of sp³-hybridized carbons (Fsp3) is 0.500. The molecule has 1 heterocycles. The maximum absolute atomic E-state index is 12.5. The van der Waals surface area contributed by atoms with Crippen LogP contribution in [0.3, 0.4) is 0 Å². The normalized spacial score (nSPS) is 12.1. The number of aromatic nitrogens is 2. The van der Waals surface area contributed by atoms with Crippen molar-refractivity contribution in [1.82, 2.24) is 7.76 Å². The number of alkyl halides is 4. The van der Waals surface area contributed by atoms with Crippen LogP contribution in [0.15, 0.2) is 10.9 Å². The first kappa shape index (κ1) is 12.5. The zero-order chi connectivity index (χ0) is 11.6. The van der Waals surface area contributed by atoms with Gasteiger partial charge >= 0.3 is 94.8 Å². The van der Waals surface area contributed by atoms with E-state index in [1.165, 1.54) is 6.92 Å². The quantitative estimate of drug-likeness (QED) is 0.485. The van der Waals surface area contributed by atoms with Gasteiger partial charge in [0.15, 0.2) is 0 Å². The summed E-state index contributed by atoms with van der Waals surface area (Å²) < 4.78 is 38.9. The van der Waals surface area contributed by atoms with E-state index in [1.807, 2.05) is 0 Å². The van der Waals surface area contributed by atoms with Gasteiger partial charge in [0.25, 0.3) is 0 Å². The van der Waals surface area contributed by atoms with Crippen LogP contribution in [0.1, 0.15) is 18.4 Å². The Bertz CT molecular complexity index is 413. The van der Waals surface area contributed by atoms with Gasteiger partial charge in [-0.05, 0) is 0 Å². The molecule has 0 aromatic carbocycles. The van der Waals surface area contributed by atoms with Crippen molar-refractivity contribution in [3.63, 3.8) is 0 Å². The van der Waals surface area contributed by atoms with E-state index in [0.717, 1.165) is 8.85 Å². The van der Waals surface area contributed by atoms with Crippen molar-refractivity contribution in [1.29, 1.82) is 0 Å². The molecule has 1 aromatic rings. The molecule has 0 radical (unpaired) electrons. The van der Waals surface area contributed by atoms with Gasteiger partial charge in [0.1, 0.15) is 0 Å². The summed E-state index contributed by atoms with van der Waals surface area (Å²) in [7, 11) is 0. The molecule has 1 aromatic heterocycles. The van der Waals surface area contributed by atoms with Crippen LogP contribution >= 0.6 is 0 Å². The van der Waals surface area contributed by atoms with Gasteiger partial charge in [0, 0.05) is 0 Å². The van der Waals surface area contributed by atoms with Crippen molar-refractivity contribution in [2.45, 2.75) is 20.0 Å². The molecule has 0 saturated heterocycles. The topological polar surface area (TPSA) is 34.9 Å². The Labute approximate surface area is 94.9 Å². The first-order chi connectivity index (χ1) is 6.86. The summed E-state index contributed by atoms with van der Waals surface area (Å²) in [6, 6.07) is 1.13. The first-order valence-electron chi connectivity index (χ1n) is 4.14. The SMILES string of the molecule is CC[I-]n1c(C(F)(F)F)nc(C)cc1=O. The number of hydrogen-bond acceptors (Lipinski definition) is 2. The summed E-state index contributed by atoms with van der Waals surface area (Å²) in [5, 5.41) is 0. The van der Waals surface area contributed by atoms with E-state index in [-0.39, 0.29) is 5.69 Å². The first-order valence-corrected chi connectivity index (χ1v) is 6.63. The van der Waals surface area contributed by atoms with Gasteiger partial charge < -0.3 is 0 Å². The molecule has 0 atom stereocenters. The van der Waals surface area contributed by atoms with E-state index in [2.05, 4.69) is 4.98 Å². The van der Waals surface area contributed by atoms with Crippen LogP contribution in [0.4, 0.5) is 13.2 Å². The molecule has 3 nitrogen and oxygen atoms in total. The molecule has 15 heavy (non-hydrogen) atoms. The van der Waals surface area contributed by atoms with Crippen molar-refractivity contribution in [2.24, 2.45) is 0 Å². The molecule has 0 unspecified atom stereocenters. The van der Waals surface area contributed by atoms with Crippen molar-refractivity contribution in [3.05, 3.63) is 27.9 Å². The monoisotopic (exact) mass is 333 g/mol. The van der Waals surface area contributed by atoms with E-state index in [0.29, 0.717) is 4.43 Å². The van der Waals surface area contributed by atoms with Crippen LogP contribution < -0.4 is 27.0 Å². The molecule has 0 bridgehead atoms. The summed E-state index contributed by atoms with van der Waals surface area (Å²) in [5.41, 5.74) is -0.506. The number of hydrogen-bond donors (Lipinski definition) is 0. The van der Waals surface area contributed by atoms with E-state index in [1.54, 1.807) is 6.92 Å². The average molecular weight is 333 g/mol. The summed E-state index contributed by atoms with van der Waals surface area (Å²) in [4.78, 5) is 14.7. The van der Waals surface area contributed by atoms with Gasteiger partial charge in [0.05, 0.1) is 0 Å². The third kappa shape index (κ3) is 2.93. The maximum atomic E-state index is 12.5. The Hall–Kier alpha value is -0.600. The Morgan fingerprint density at radius 1 is 1.53 bits per heavy atom. The standard InChI is InChI=1S/C8H9F3IN2O/c1-3-12-14-6(15)4-5(2)13-7(14)8(9,10)11/h4H,3H2,1-2H3/q-1. The van der Waals surface area contributed by atoms with E-state index >= 15 is 0 Å².